The number of piperidine rings is 1. The molecule has 2 saturated heterocycles. The Morgan fingerprint density at radius 2 is 1.86 bits per heavy atom. The van der Waals surface area contributed by atoms with Gasteiger partial charge in [0.1, 0.15) is 6.04 Å². The molecule has 0 radical (unpaired) electrons. The molecule has 5 rings (SSSR count). The molecule has 13 nitrogen and oxygen atoms in total. The molecule has 0 bridgehead atoms. The number of rotatable bonds is 7. The first-order valence-electron chi connectivity index (χ1n) is 13.8. The number of fused-ring (bicyclic) bond motifs is 2. The monoisotopic (exact) mass is 613 g/mol. The summed E-state index contributed by atoms with van der Waals surface area (Å²) in [6.07, 6.45) is -0.669. The van der Waals surface area contributed by atoms with E-state index in [0.29, 0.717) is 54.4 Å². The molecule has 3 N–H and O–H groups in total. The fourth-order valence-electron chi connectivity index (χ4n) is 5.51. The third-order valence-corrected chi connectivity index (χ3v) is 8.09. The maximum absolute atomic E-state index is 14.0. The van der Waals surface area contributed by atoms with E-state index < -0.39 is 35.6 Å². The van der Waals surface area contributed by atoms with Crippen molar-refractivity contribution in [2.24, 2.45) is 0 Å². The first-order chi connectivity index (χ1) is 20.6. The van der Waals surface area contributed by atoms with Crippen LogP contribution in [0.5, 0.6) is 0 Å². The maximum Gasteiger partial charge on any atom is 0.412 e. The first kappa shape index (κ1) is 30.1. The molecule has 0 aliphatic carbocycles. The van der Waals surface area contributed by atoms with Gasteiger partial charge < -0.3 is 29.3 Å². The first-order valence-corrected chi connectivity index (χ1v) is 14.1. The van der Waals surface area contributed by atoms with Crippen LogP contribution in [0, 0.1) is 0 Å². The third kappa shape index (κ3) is 6.52. The Morgan fingerprint density at radius 3 is 2.56 bits per heavy atom. The number of hydrogen-bond donors (Lipinski definition) is 3. The number of likely N-dealkylation sites (tertiary alicyclic amines) is 2. The normalized spacial score (nSPS) is 20.2. The van der Waals surface area contributed by atoms with E-state index in [0.717, 1.165) is 0 Å². The summed E-state index contributed by atoms with van der Waals surface area (Å²) in [7, 11) is 2.80. The molecule has 1 spiro atoms. The molecule has 14 heteroatoms. The average Bonchev–Trinajstić information content (AvgIpc) is 2.96. The summed E-state index contributed by atoms with van der Waals surface area (Å²) < 4.78 is 15.6. The molecule has 0 saturated carbocycles. The number of hydrogen-bond acceptors (Lipinski definition) is 8. The van der Waals surface area contributed by atoms with Crippen LogP contribution < -0.4 is 16.0 Å². The molecule has 43 heavy (non-hydrogen) atoms. The van der Waals surface area contributed by atoms with Gasteiger partial charge in [0, 0.05) is 48.6 Å². The lowest BCUT2D eigenvalue weighted by Gasteiger charge is -2.46. The third-order valence-electron chi connectivity index (χ3n) is 7.86. The number of nitrogens with zero attached hydrogens (tertiary/aromatic N) is 2. The summed E-state index contributed by atoms with van der Waals surface area (Å²) >= 11 is 6.27. The zero-order valence-corrected chi connectivity index (χ0v) is 24.4. The topological polar surface area (TPSA) is 156 Å². The Hall–Kier alpha value is -4.36. The van der Waals surface area contributed by atoms with Gasteiger partial charge in [0.2, 0.25) is 11.8 Å². The number of halogens is 1. The molecule has 0 aromatic heterocycles. The molecule has 228 valence electrons. The lowest BCUT2D eigenvalue weighted by Crippen LogP contribution is -2.59. The summed E-state index contributed by atoms with van der Waals surface area (Å²) in [6, 6.07) is 9.85. The Bertz CT molecular complexity index is 1430. The SMILES string of the molecule is COC(=O)Nc1ccc(C(=O)N[C@@H](CC(=O)N2CC(OC)C2)C(=O)N2CCC[C@@]3(C2)OC(=O)Nc2ccc(Cl)cc23)cc1. The number of amides is 5. The van der Waals surface area contributed by atoms with E-state index in [4.69, 9.17) is 21.1 Å². The number of carbonyl (C=O) groups excluding carboxylic acids is 5. The minimum Gasteiger partial charge on any atom is -0.453 e. The molecular weight excluding hydrogens is 582 g/mol. The number of methoxy groups -OCH3 is 2. The molecule has 2 atom stereocenters. The van der Waals surface area contributed by atoms with E-state index in [1.54, 1.807) is 30.2 Å². The van der Waals surface area contributed by atoms with Crippen LogP contribution in [-0.2, 0) is 29.4 Å². The van der Waals surface area contributed by atoms with Gasteiger partial charge in [-0.2, -0.15) is 0 Å². The minimum atomic E-state index is -1.19. The molecule has 5 amide bonds. The van der Waals surface area contributed by atoms with Crippen molar-refractivity contribution in [1.82, 2.24) is 15.1 Å². The van der Waals surface area contributed by atoms with E-state index in [1.165, 1.54) is 36.3 Å². The van der Waals surface area contributed by atoms with Gasteiger partial charge in [0.15, 0.2) is 5.60 Å². The van der Waals surface area contributed by atoms with Gasteiger partial charge in [-0.25, -0.2) is 9.59 Å². The van der Waals surface area contributed by atoms with Crippen molar-refractivity contribution < 1.29 is 38.2 Å². The van der Waals surface area contributed by atoms with Crippen molar-refractivity contribution in [3.05, 3.63) is 58.6 Å². The molecule has 3 heterocycles. The lowest BCUT2D eigenvalue weighted by molar-refractivity contribution is -0.148. The van der Waals surface area contributed by atoms with Crippen molar-refractivity contribution in [1.29, 1.82) is 0 Å². The highest BCUT2D eigenvalue weighted by Crippen LogP contribution is 2.43. The molecule has 2 fully saturated rings. The van der Waals surface area contributed by atoms with Crippen LogP contribution in [0.1, 0.15) is 35.2 Å². The Labute approximate surface area is 252 Å². The van der Waals surface area contributed by atoms with Crippen molar-refractivity contribution in [3.63, 3.8) is 0 Å². The largest absolute Gasteiger partial charge is 0.453 e. The van der Waals surface area contributed by atoms with Gasteiger partial charge in [-0.05, 0) is 55.3 Å². The number of anilines is 2. The van der Waals surface area contributed by atoms with Crippen molar-refractivity contribution in [3.8, 4) is 0 Å². The standard InChI is InChI=1S/C29H32ClN5O8/c1-41-20-14-35(15-20)24(36)13-23(32-25(37)17-4-7-19(8-5-17)31-27(39)42-2)26(38)34-11-3-10-29(16-34)21-12-18(30)6-9-22(21)33-28(40)43-29/h4-9,12,20,23H,3,10-11,13-16H2,1-2H3,(H,31,39)(H,32,37)(H,33,40)/t23-,29-/m0/s1. The van der Waals surface area contributed by atoms with Crippen LogP contribution in [0.2, 0.25) is 5.02 Å². The van der Waals surface area contributed by atoms with E-state index >= 15 is 0 Å². The summed E-state index contributed by atoms with van der Waals surface area (Å²) in [4.78, 5) is 67.5. The second kappa shape index (κ2) is 12.5. The Morgan fingerprint density at radius 1 is 1.12 bits per heavy atom. The van der Waals surface area contributed by atoms with Crippen molar-refractivity contribution in [2.45, 2.75) is 37.0 Å². The predicted octanol–water partition coefficient (Wildman–Crippen LogP) is 2.94. The highest BCUT2D eigenvalue weighted by molar-refractivity contribution is 6.30. The van der Waals surface area contributed by atoms with E-state index in [1.807, 2.05) is 0 Å². The fourth-order valence-corrected chi connectivity index (χ4v) is 5.69. The quantitative estimate of drug-likeness (QED) is 0.430. The van der Waals surface area contributed by atoms with Crippen LogP contribution in [-0.4, -0.2) is 92.3 Å². The molecule has 3 aliphatic rings. The number of nitrogens with one attached hydrogen (secondary N) is 3. The summed E-state index contributed by atoms with van der Waals surface area (Å²) in [6.45, 7) is 1.15. The molecule has 0 unspecified atom stereocenters. The van der Waals surface area contributed by atoms with Crippen LogP contribution >= 0.6 is 11.6 Å². The number of benzene rings is 2. The smallest absolute Gasteiger partial charge is 0.412 e. The summed E-state index contributed by atoms with van der Waals surface area (Å²) in [5.41, 5.74) is 0.689. The second-order valence-electron chi connectivity index (χ2n) is 10.6. The number of carbonyl (C=O) groups is 5. The van der Waals surface area contributed by atoms with E-state index in [2.05, 4.69) is 20.7 Å². The zero-order valence-electron chi connectivity index (χ0n) is 23.7. The molecule has 2 aromatic rings. The molecular formula is C29H32ClN5O8. The maximum atomic E-state index is 14.0. The predicted molar refractivity (Wildman–Crippen MR) is 155 cm³/mol. The summed E-state index contributed by atoms with van der Waals surface area (Å²) in [5, 5.41) is 8.35. The van der Waals surface area contributed by atoms with Crippen LogP contribution in [0.25, 0.3) is 0 Å². The van der Waals surface area contributed by atoms with Crippen molar-refractivity contribution in [2.75, 3.05) is 51.0 Å². The van der Waals surface area contributed by atoms with Crippen LogP contribution in [0.3, 0.4) is 0 Å². The number of ether oxygens (including phenoxy) is 3. The van der Waals surface area contributed by atoms with E-state index in [9.17, 15) is 24.0 Å². The Kier molecular flexibility index (Phi) is 8.74. The Balaban J connectivity index is 1.36. The van der Waals surface area contributed by atoms with Gasteiger partial charge in [0.05, 0.1) is 31.9 Å². The average molecular weight is 614 g/mol. The van der Waals surface area contributed by atoms with Gasteiger partial charge in [-0.1, -0.05) is 11.6 Å². The molecule has 2 aromatic carbocycles. The summed E-state index contributed by atoms with van der Waals surface area (Å²) in [5.74, 6) is -1.36. The van der Waals surface area contributed by atoms with Gasteiger partial charge >= 0.3 is 12.2 Å². The highest BCUT2D eigenvalue weighted by atomic mass is 35.5. The lowest BCUT2D eigenvalue weighted by atomic mass is 9.83. The molecule has 3 aliphatic heterocycles. The van der Waals surface area contributed by atoms with Gasteiger partial charge in [-0.15, -0.1) is 0 Å². The van der Waals surface area contributed by atoms with Crippen molar-refractivity contribution >= 4 is 52.9 Å². The second-order valence-corrected chi connectivity index (χ2v) is 11.1. The van der Waals surface area contributed by atoms with Crippen LogP contribution in [0.4, 0.5) is 21.0 Å². The van der Waals surface area contributed by atoms with Gasteiger partial charge in [-0.3, -0.25) is 25.0 Å². The highest BCUT2D eigenvalue weighted by Gasteiger charge is 2.47. The zero-order chi connectivity index (χ0) is 30.7. The minimum absolute atomic E-state index is 0.0243. The van der Waals surface area contributed by atoms with Gasteiger partial charge in [0.25, 0.3) is 5.91 Å². The van der Waals surface area contributed by atoms with Crippen LogP contribution in [0.15, 0.2) is 42.5 Å². The fraction of sp³-hybridized carbons (Fsp3) is 0.414. The van der Waals surface area contributed by atoms with E-state index in [-0.39, 0.29) is 30.5 Å².